The summed E-state index contributed by atoms with van der Waals surface area (Å²) in [5.41, 5.74) is 1.29. The molecule has 0 N–H and O–H groups in total. The molecule has 0 saturated heterocycles. The predicted octanol–water partition coefficient (Wildman–Crippen LogP) is 2.87. The van der Waals surface area contributed by atoms with Gasteiger partial charge in [0.05, 0.1) is 11.9 Å². The van der Waals surface area contributed by atoms with Gasteiger partial charge in [-0.3, -0.25) is 0 Å². The normalized spacial score (nSPS) is 11.8. The van der Waals surface area contributed by atoms with Crippen molar-refractivity contribution in [3.8, 4) is 17.1 Å². The SMILES string of the molecule is Fc1cc(-c2ccn3nccc3n2)cnc1OCC(F)(F)F. The smallest absolute Gasteiger partial charge is 0.422 e. The van der Waals surface area contributed by atoms with Crippen LogP contribution in [-0.2, 0) is 0 Å². The molecule has 0 aliphatic rings. The van der Waals surface area contributed by atoms with Crippen molar-refractivity contribution in [2.45, 2.75) is 6.18 Å². The van der Waals surface area contributed by atoms with Crippen LogP contribution in [0.25, 0.3) is 16.9 Å². The van der Waals surface area contributed by atoms with Crippen LogP contribution in [0.3, 0.4) is 0 Å². The van der Waals surface area contributed by atoms with Crippen LogP contribution < -0.4 is 4.74 Å². The Morgan fingerprint density at radius 2 is 2.05 bits per heavy atom. The molecular weight excluding hydrogens is 304 g/mol. The minimum absolute atomic E-state index is 0.320. The highest BCUT2D eigenvalue weighted by molar-refractivity contribution is 5.60. The van der Waals surface area contributed by atoms with Gasteiger partial charge in [0, 0.05) is 24.0 Å². The van der Waals surface area contributed by atoms with Gasteiger partial charge in [-0.25, -0.2) is 18.9 Å². The van der Waals surface area contributed by atoms with E-state index in [1.165, 1.54) is 10.7 Å². The fourth-order valence-electron chi connectivity index (χ4n) is 1.80. The second kappa shape index (κ2) is 5.24. The van der Waals surface area contributed by atoms with Crippen molar-refractivity contribution in [2.75, 3.05) is 6.61 Å². The predicted molar refractivity (Wildman–Crippen MR) is 67.7 cm³/mol. The van der Waals surface area contributed by atoms with E-state index in [4.69, 9.17) is 0 Å². The lowest BCUT2D eigenvalue weighted by molar-refractivity contribution is -0.154. The molecule has 0 aromatic carbocycles. The van der Waals surface area contributed by atoms with E-state index in [1.807, 2.05) is 0 Å². The molecule has 0 amide bonds. The monoisotopic (exact) mass is 312 g/mol. The molecule has 3 heterocycles. The topological polar surface area (TPSA) is 52.3 Å². The maximum absolute atomic E-state index is 13.8. The lowest BCUT2D eigenvalue weighted by atomic mass is 10.2. The number of alkyl halides is 3. The number of aromatic nitrogens is 4. The van der Waals surface area contributed by atoms with Crippen molar-refractivity contribution in [1.82, 2.24) is 19.6 Å². The third-order valence-electron chi connectivity index (χ3n) is 2.73. The lowest BCUT2D eigenvalue weighted by Crippen LogP contribution is -2.20. The molecule has 0 aliphatic heterocycles. The first kappa shape index (κ1) is 14.2. The first-order valence-electron chi connectivity index (χ1n) is 6.08. The van der Waals surface area contributed by atoms with Gasteiger partial charge in [0.25, 0.3) is 5.88 Å². The second-order valence-electron chi connectivity index (χ2n) is 4.36. The first-order chi connectivity index (χ1) is 10.4. The summed E-state index contributed by atoms with van der Waals surface area (Å²) in [7, 11) is 0. The van der Waals surface area contributed by atoms with E-state index in [9.17, 15) is 17.6 Å². The second-order valence-corrected chi connectivity index (χ2v) is 4.36. The highest BCUT2D eigenvalue weighted by atomic mass is 19.4. The molecule has 0 aliphatic carbocycles. The third kappa shape index (κ3) is 2.97. The first-order valence-corrected chi connectivity index (χ1v) is 6.08. The maximum atomic E-state index is 13.8. The van der Waals surface area contributed by atoms with Crippen LogP contribution in [0.5, 0.6) is 5.88 Å². The number of hydrogen-bond acceptors (Lipinski definition) is 4. The number of ether oxygens (including phenoxy) is 1. The molecular formula is C13H8F4N4O. The summed E-state index contributed by atoms with van der Waals surface area (Å²) >= 11 is 0. The molecule has 3 aromatic heterocycles. The molecule has 3 rings (SSSR count). The highest BCUT2D eigenvalue weighted by Gasteiger charge is 2.29. The Morgan fingerprint density at radius 3 is 2.77 bits per heavy atom. The highest BCUT2D eigenvalue weighted by Crippen LogP contribution is 2.24. The Hall–Kier alpha value is -2.71. The average Bonchev–Trinajstić information content (AvgIpc) is 2.92. The standard InChI is InChI=1S/C13H8F4N4O/c14-9-5-8(6-18-12(9)22-7-13(15,16)17)10-2-4-21-11(20-10)1-3-19-21/h1-6H,7H2. The molecule has 0 atom stereocenters. The molecule has 0 fully saturated rings. The number of fused-ring (bicyclic) bond motifs is 1. The number of pyridine rings is 1. The zero-order valence-corrected chi connectivity index (χ0v) is 10.9. The molecule has 5 nitrogen and oxygen atoms in total. The van der Waals surface area contributed by atoms with E-state index in [1.54, 1.807) is 24.5 Å². The van der Waals surface area contributed by atoms with E-state index in [-0.39, 0.29) is 0 Å². The molecule has 0 saturated carbocycles. The van der Waals surface area contributed by atoms with Crippen LogP contribution in [-0.4, -0.2) is 32.4 Å². The molecule has 0 radical (unpaired) electrons. The van der Waals surface area contributed by atoms with Crippen molar-refractivity contribution in [3.05, 3.63) is 42.6 Å². The summed E-state index contributed by atoms with van der Waals surface area (Å²) in [4.78, 5) is 7.80. The average molecular weight is 312 g/mol. The van der Waals surface area contributed by atoms with E-state index in [0.29, 0.717) is 16.9 Å². The van der Waals surface area contributed by atoms with Crippen LogP contribution >= 0.6 is 0 Å². The van der Waals surface area contributed by atoms with Gasteiger partial charge in [-0.15, -0.1) is 0 Å². The summed E-state index contributed by atoms with van der Waals surface area (Å²) < 4.78 is 55.7. The minimum atomic E-state index is -4.55. The number of rotatable bonds is 3. The van der Waals surface area contributed by atoms with E-state index >= 15 is 0 Å². The number of halogens is 4. The zero-order chi connectivity index (χ0) is 15.7. The van der Waals surface area contributed by atoms with Gasteiger partial charge in [0.1, 0.15) is 0 Å². The van der Waals surface area contributed by atoms with Gasteiger partial charge < -0.3 is 4.74 Å². The molecule has 0 bridgehead atoms. The summed E-state index contributed by atoms with van der Waals surface area (Å²) in [6.45, 7) is -1.60. The largest absolute Gasteiger partial charge is 0.466 e. The Labute approximate surface area is 121 Å². The van der Waals surface area contributed by atoms with Gasteiger partial charge >= 0.3 is 6.18 Å². The van der Waals surface area contributed by atoms with Gasteiger partial charge in [0.2, 0.25) is 0 Å². The van der Waals surface area contributed by atoms with Crippen LogP contribution in [0, 0.1) is 5.82 Å². The fourth-order valence-corrected chi connectivity index (χ4v) is 1.80. The quantitative estimate of drug-likeness (QED) is 0.698. The van der Waals surface area contributed by atoms with E-state index < -0.39 is 24.5 Å². The van der Waals surface area contributed by atoms with Crippen molar-refractivity contribution in [1.29, 1.82) is 0 Å². The Balaban J connectivity index is 1.87. The summed E-state index contributed by atoms with van der Waals surface area (Å²) in [5.74, 6) is -1.69. The molecule has 22 heavy (non-hydrogen) atoms. The van der Waals surface area contributed by atoms with Crippen LogP contribution in [0.4, 0.5) is 17.6 Å². The van der Waals surface area contributed by atoms with Crippen molar-refractivity contribution in [2.24, 2.45) is 0 Å². The number of hydrogen-bond donors (Lipinski definition) is 0. The zero-order valence-electron chi connectivity index (χ0n) is 10.9. The molecule has 114 valence electrons. The van der Waals surface area contributed by atoms with Crippen molar-refractivity contribution < 1.29 is 22.3 Å². The minimum Gasteiger partial charge on any atom is -0.466 e. The molecule has 0 spiro atoms. The molecule has 3 aromatic rings. The summed E-state index contributed by atoms with van der Waals surface area (Å²) in [5, 5.41) is 3.97. The molecule has 0 unspecified atom stereocenters. The number of nitrogens with zero attached hydrogens (tertiary/aromatic N) is 4. The fraction of sp³-hybridized carbons (Fsp3) is 0.154. The molecule has 9 heteroatoms. The van der Waals surface area contributed by atoms with Crippen molar-refractivity contribution >= 4 is 5.65 Å². The van der Waals surface area contributed by atoms with Gasteiger partial charge in [-0.1, -0.05) is 0 Å². The van der Waals surface area contributed by atoms with Gasteiger partial charge in [0.15, 0.2) is 18.1 Å². The van der Waals surface area contributed by atoms with Crippen LogP contribution in [0.2, 0.25) is 0 Å². The Morgan fingerprint density at radius 1 is 1.23 bits per heavy atom. The lowest BCUT2D eigenvalue weighted by Gasteiger charge is -2.09. The van der Waals surface area contributed by atoms with Crippen LogP contribution in [0.1, 0.15) is 0 Å². The van der Waals surface area contributed by atoms with E-state index in [0.717, 1.165) is 6.07 Å². The van der Waals surface area contributed by atoms with Gasteiger partial charge in [-0.2, -0.15) is 18.3 Å². The van der Waals surface area contributed by atoms with E-state index in [2.05, 4.69) is 19.8 Å². The maximum Gasteiger partial charge on any atom is 0.422 e. The Bertz CT molecular complexity index is 815. The summed E-state index contributed by atoms with van der Waals surface area (Å²) in [6.07, 6.45) is -0.173. The van der Waals surface area contributed by atoms with Crippen LogP contribution in [0.15, 0.2) is 36.8 Å². The van der Waals surface area contributed by atoms with Crippen molar-refractivity contribution in [3.63, 3.8) is 0 Å². The summed E-state index contributed by atoms with van der Waals surface area (Å²) in [6, 6.07) is 4.27. The Kier molecular flexibility index (Phi) is 3.39. The third-order valence-corrected chi connectivity index (χ3v) is 2.73. The van der Waals surface area contributed by atoms with Gasteiger partial charge in [-0.05, 0) is 12.1 Å².